The molecule has 7 heteroatoms. The molecule has 0 radical (unpaired) electrons. The first-order valence-electron chi connectivity index (χ1n) is 9.90. The summed E-state index contributed by atoms with van der Waals surface area (Å²) in [6.07, 6.45) is 3.22. The third-order valence-electron chi connectivity index (χ3n) is 5.75. The molecule has 1 aromatic rings. The molecule has 1 aliphatic carbocycles. The molecule has 0 spiro atoms. The van der Waals surface area contributed by atoms with Gasteiger partial charge in [-0.25, -0.2) is 9.97 Å². The molecule has 0 atom stereocenters. The standard InChI is InChI=1S/C19H30N6O/c1-15-20-17(23-7-5-22(2)6-8-23)14-18(21-15)24-9-11-25(12-10-24)19(26)13-16-3-4-16/h14,16H,3-13H2,1-2H3. The largest absolute Gasteiger partial charge is 0.354 e. The van der Waals surface area contributed by atoms with E-state index in [-0.39, 0.29) is 0 Å². The van der Waals surface area contributed by atoms with Crippen molar-refractivity contribution in [1.29, 1.82) is 0 Å². The lowest BCUT2D eigenvalue weighted by Crippen LogP contribution is -2.49. The molecule has 1 saturated carbocycles. The van der Waals surface area contributed by atoms with Gasteiger partial charge in [-0.3, -0.25) is 4.79 Å². The molecule has 1 amide bonds. The van der Waals surface area contributed by atoms with Crippen LogP contribution in [0.3, 0.4) is 0 Å². The Balaban J connectivity index is 1.39. The van der Waals surface area contributed by atoms with Gasteiger partial charge in [0.1, 0.15) is 17.5 Å². The molecule has 3 fully saturated rings. The Labute approximate surface area is 156 Å². The van der Waals surface area contributed by atoms with E-state index < -0.39 is 0 Å². The predicted octanol–water partition coefficient (Wildman–Crippen LogP) is 0.986. The zero-order valence-corrected chi connectivity index (χ0v) is 16.0. The molecule has 3 aliphatic rings. The topological polar surface area (TPSA) is 55.8 Å². The van der Waals surface area contributed by atoms with E-state index in [9.17, 15) is 4.79 Å². The summed E-state index contributed by atoms with van der Waals surface area (Å²) in [6.45, 7) is 9.45. The maximum absolute atomic E-state index is 12.3. The second kappa shape index (κ2) is 7.39. The highest BCUT2D eigenvalue weighted by Crippen LogP contribution is 2.33. The van der Waals surface area contributed by atoms with Crippen LogP contribution in [0, 0.1) is 12.8 Å². The quantitative estimate of drug-likeness (QED) is 0.800. The summed E-state index contributed by atoms with van der Waals surface area (Å²) in [4.78, 5) is 30.7. The number of hydrogen-bond donors (Lipinski definition) is 0. The van der Waals surface area contributed by atoms with E-state index in [0.29, 0.717) is 11.8 Å². The van der Waals surface area contributed by atoms with Crippen molar-refractivity contribution in [2.75, 3.05) is 69.2 Å². The summed E-state index contributed by atoms with van der Waals surface area (Å²) in [5.74, 6) is 3.86. The Morgan fingerprint density at radius 3 is 2.04 bits per heavy atom. The minimum absolute atomic E-state index is 0.337. The van der Waals surface area contributed by atoms with Gasteiger partial charge in [0.2, 0.25) is 5.91 Å². The number of nitrogens with zero attached hydrogens (tertiary/aromatic N) is 6. The number of piperazine rings is 2. The molecule has 4 rings (SSSR count). The number of carbonyl (C=O) groups is 1. The van der Waals surface area contributed by atoms with Crippen LogP contribution in [-0.2, 0) is 4.79 Å². The van der Waals surface area contributed by atoms with E-state index in [1.165, 1.54) is 12.8 Å². The van der Waals surface area contributed by atoms with Crippen molar-refractivity contribution in [1.82, 2.24) is 19.8 Å². The lowest BCUT2D eigenvalue weighted by atomic mass is 10.2. The first-order chi connectivity index (χ1) is 12.6. The van der Waals surface area contributed by atoms with Crippen molar-refractivity contribution in [2.45, 2.75) is 26.2 Å². The number of likely N-dealkylation sites (N-methyl/N-ethyl adjacent to an activating group) is 1. The third-order valence-corrected chi connectivity index (χ3v) is 5.75. The summed E-state index contributed by atoms with van der Waals surface area (Å²) >= 11 is 0. The van der Waals surface area contributed by atoms with Gasteiger partial charge < -0.3 is 19.6 Å². The number of aromatic nitrogens is 2. The van der Waals surface area contributed by atoms with E-state index in [1.54, 1.807) is 0 Å². The van der Waals surface area contributed by atoms with Crippen molar-refractivity contribution in [2.24, 2.45) is 5.92 Å². The van der Waals surface area contributed by atoms with Gasteiger partial charge in [-0.15, -0.1) is 0 Å². The van der Waals surface area contributed by atoms with E-state index in [4.69, 9.17) is 0 Å². The first kappa shape index (κ1) is 17.5. The second-order valence-corrected chi connectivity index (χ2v) is 7.94. The Kier molecular flexibility index (Phi) is 4.98. The molecule has 0 unspecified atom stereocenters. The van der Waals surface area contributed by atoms with Crippen LogP contribution in [0.4, 0.5) is 11.6 Å². The zero-order valence-electron chi connectivity index (χ0n) is 16.0. The minimum Gasteiger partial charge on any atom is -0.354 e. The van der Waals surface area contributed by atoms with Crippen LogP contribution in [0.15, 0.2) is 6.07 Å². The monoisotopic (exact) mass is 358 g/mol. The number of carbonyl (C=O) groups excluding carboxylic acids is 1. The van der Waals surface area contributed by atoms with Crippen LogP contribution < -0.4 is 9.80 Å². The summed E-state index contributed by atoms with van der Waals surface area (Å²) in [5.41, 5.74) is 0. The molecule has 3 heterocycles. The number of anilines is 2. The minimum atomic E-state index is 0.337. The van der Waals surface area contributed by atoms with Crippen LogP contribution in [-0.4, -0.2) is 85.1 Å². The number of hydrogen-bond acceptors (Lipinski definition) is 6. The highest BCUT2D eigenvalue weighted by molar-refractivity contribution is 5.77. The molecule has 0 N–H and O–H groups in total. The average molecular weight is 358 g/mol. The van der Waals surface area contributed by atoms with Gasteiger partial charge in [-0.05, 0) is 32.7 Å². The highest BCUT2D eigenvalue weighted by atomic mass is 16.2. The van der Waals surface area contributed by atoms with Crippen molar-refractivity contribution in [3.05, 3.63) is 11.9 Å². The fourth-order valence-electron chi connectivity index (χ4n) is 3.78. The maximum atomic E-state index is 12.3. The fourth-order valence-corrected chi connectivity index (χ4v) is 3.78. The fraction of sp³-hybridized carbons (Fsp3) is 0.737. The zero-order chi connectivity index (χ0) is 18.1. The lowest BCUT2D eigenvalue weighted by Gasteiger charge is -2.37. The molecule has 0 bridgehead atoms. The van der Waals surface area contributed by atoms with Gasteiger partial charge >= 0.3 is 0 Å². The predicted molar refractivity (Wildman–Crippen MR) is 103 cm³/mol. The summed E-state index contributed by atoms with van der Waals surface area (Å²) in [5, 5.41) is 0. The van der Waals surface area contributed by atoms with Crippen molar-refractivity contribution in [3.63, 3.8) is 0 Å². The molecule has 26 heavy (non-hydrogen) atoms. The van der Waals surface area contributed by atoms with Gasteiger partial charge in [0.05, 0.1) is 0 Å². The molecule has 142 valence electrons. The van der Waals surface area contributed by atoms with E-state index in [2.05, 4.69) is 37.8 Å². The molecular formula is C19H30N6O. The summed E-state index contributed by atoms with van der Waals surface area (Å²) < 4.78 is 0. The Hall–Kier alpha value is -1.89. The van der Waals surface area contributed by atoms with Gasteiger partial charge in [0.25, 0.3) is 0 Å². The molecular weight excluding hydrogens is 328 g/mol. The highest BCUT2D eigenvalue weighted by Gasteiger charge is 2.29. The van der Waals surface area contributed by atoms with Crippen LogP contribution in [0.25, 0.3) is 0 Å². The van der Waals surface area contributed by atoms with Crippen LogP contribution in [0.1, 0.15) is 25.1 Å². The van der Waals surface area contributed by atoms with E-state index >= 15 is 0 Å². The number of amides is 1. The normalized spacial score (nSPS) is 22.0. The third kappa shape index (κ3) is 4.09. The van der Waals surface area contributed by atoms with Gasteiger partial charge in [-0.2, -0.15) is 0 Å². The Morgan fingerprint density at radius 1 is 0.962 bits per heavy atom. The van der Waals surface area contributed by atoms with Crippen molar-refractivity contribution < 1.29 is 4.79 Å². The number of aryl methyl sites for hydroxylation is 1. The van der Waals surface area contributed by atoms with Gasteiger partial charge in [0, 0.05) is 64.8 Å². The molecule has 0 aromatic carbocycles. The van der Waals surface area contributed by atoms with E-state index in [0.717, 1.165) is 76.2 Å². The molecule has 2 aliphatic heterocycles. The van der Waals surface area contributed by atoms with Crippen molar-refractivity contribution in [3.8, 4) is 0 Å². The summed E-state index contributed by atoms with van der Waals surface area (Å²) in [6, 6.07) is 2.12. The summed E-state index contributed by atoms with van der Waals surface area (Å²) in [7, 11) is 2.16. The van der Waals surface area contributed by atoms with Crippen LogP contribution in [0.2, 0.25) is 0 Å². The molecule has 2 saturated heterocycles. The smallest absolute Gasteiger partial charge is 0.222 e. The van der Waals surface area contributed by atoms with E-state index in [1.807, 2.05) is 11.8 Å². The van der Waals surface area contributed by atoms with Gasteiger partial charge in [-0.1, -0.05) is 0 Å². The SMILES string of the molecule is Cc1nc(N2CCN(C)CC2)cc(N2CCN(C(=O)CC3CC3)CC2)n1. The first-order valence-corrected chi connectivity index (χ1v) is 9.90. The molecule has 7 nitrogen and oxygen atoms in total. The second-order valence-electron chi connectivity index (χ2n) is 7.94. The number of rotatable bonds is 4. The van der Waals surface area contributed by atoms with Crippen LogP contribution >= 0.6 is 0 Å². The average Bonchev–Trinajstić information content (AvgIpc) is 3.46. The van der Waals surface area contributed by atoms with Gasteiger partial charge in [0.15, 0.2) is 0 Å². The maximum Gasteiger partial charge on any atom is 0.222 e. The van der Waals surface area contributed by atoms with Crippen LogP contribution in [0.5, 0.6) is 0 Å². The lowest BCUT2D eigenvalue weighted by molar-refractivity contribution is -0.131. The Morgan fingerprint density at radius 2 is 1.50 bits per heavy atom. The van der Waals surface area contributed by atoms with Crippen molar-refractivity contribution >= 4 is 17.5 Å². The molecule has 1 aromatic heterocycles. The Bertz CT molecular complexity index is 645.